The fourth-order valence-electron chi connectivity index (χ4n) is 2.31. The largest absolute Gasteiger partial charge is 0.548 e. The number of anilines is 3. The smallest absolute Gasteiger partial charge is 0.353 e. The van der Waals surface area contributed by atoms with Gasteiger partial charge in [-0.1, -0.05) is 6.92 Å². The Hall–Kier alpha value is -2.65. The molecule has 22 heavy (non-hydrogen) atoms. The van der Waals surface area contributed by atoms with Crippen LogP contribution in [0.15, 0.2) is 0 Å². The highest BCUT2D eigenvalue weighted by molar-refractivity contribution is 5.73. The molecule has 3 N–H and O–H groups in total. The van der Waals surface area contributed by atoms with Gasteiger partial charge in [0.05, 0.1) is 17.4 Å². The summed E-state index contributed by atoms with van der Waals surface area (Å²) in [5, 5.41) is 24.1. The van der Waals surface area contributed by atoms with E-state index in [1.807, 2.05) is 0 Å². The van der Waals surface area contributed by atoms with Gasteiger partial charge in [0.1, 0.15) is 0 Å². The molecule has 0 bridgehead atoms. The van der Waals surface area contributed by atoms with Crippen molar-refractivity contribution in [1.29, 1.82) is 0 Å². The monoisotopic (exact) mass is 309 g/mol. The Morgan fingerprint density at radius 3 is 2.64 bits per heavy atom. The first-order chi connectivity index (χ1) is 10.4. The van der Waals surface area contributed by atoms with Crippen molar-refractivity contribution in [2.45, 2.75) is 19.8 Å². The molecule has 0 aromatic carbocycles. The summed E-state index contributed by atoms with van der Waals surface area (Å²) < 4.78 is 0. The molecule has 0 aliphatic carbocycles. The third-order valence-corrected chi connectivity index (χ3v) is 3.55. The molecular weight excluding hydrogens is 292 g/mol. The molecule has 0 unspecified atom stereocenters. The summed E-state index contributed by atoms with van der Waals surface area (Å²) >= 11 is 0. The highest BCUT2D eigenvalue weighted by Gasteiger charge is 2.29. The van der Waals surface area contributed by atoms with Gasteiger partial charge in [-0.3, -0.25) is 10.1 Å². The second kappa shape index (κ2) is 6.41. The van der Waals surface area contributed by atoms with Crippen LogP contribution in [-0.4, -0.2) is 40.5 Å². The molecule has 10 nitrogen and oxygen atoms in total. The molecule has 0 radical (unpaired) electrons. The van der Waals surface area contributed by atoms with Crippen molar-refractivity contribution in [2.24, 2.45) is 5.92 Å². The lowest BCUT2D eigenvalue weighted by molar-refractivity contribution is -0.383. The molecule has 0 spiro atoms. The zero-order valence-corrected chi connectivity index (χ0v) is 12.1. The van der Waals surface area contributed by atoms with Gasteiger partial charge in [-0.15, -0.1) is 0 Å². The fourth-order valence-corrected chi connectivity index (χ4v) is 2.31. The third-order valence-electron chi connectivity index (χ3n) is 3.55. The molecule has 120 valence electrons. The SMILES string of the molecule is CC1CCN(c2nc(NCC(=O)[O-])nc(N)c2[N+](=O)[O-])CC1. The van der Waals surface area contributed by atoms with Gasteiger partial charge < -0.3 is 25.9 Å². The van der Waals surface area contributed by atoms with Crippen LogP contribution in [0.2, 0.25) is 0 Å². The Balaban J connectivity index is 2.34. The number of hydrogen-bond donors (Lipinski definition) is 2. The molecule has 1 fully saturated rings. The molecule has 2 rings (SSSR count). The predicted octanol–water partition coefficient (Wildman–Crippen LogP) is -0.635. The van der Waals surface area contributed by atoms with Crippen molar-refractivity contribution in [3.8, 4) is 0 Å². The Morgan fingerprint density at radius 1 is 1.45 bits per heavy atom. The van der Waals surface area contributed by atoms with Gasteiger partial charge in [0.2, 0.25) is 17.6 Å². The lowest BCUT2D eigenvalue weighted by Crippen LogP contribution is -2.35. The van der Waals surface area contributed by atoms with Crippen LogP contribution in [0.5, 0.6) is 0 Å². The Kier molecular flexibility index (Phi) is 4.59. The van der Waals surface area contributed by atoms with Gasteiger partial charge in [-0.05, 0) is 18.8 Å². The van der Waals surface area contributed by atoms with Crippen molar-refractivity contribution < 1.29 is 14.8 Å². The maximum atomic E-state index is 11.2. The summed E-state index contributed by atoms with van der Waals surface area (Å²) in [7, 11) is 0. The fraction of sp³-hybridized carbons (Fsp3) is 0.583. The topological polar surface area (TPSA) is 150 Å². The molecule has 1 aliphatic rings. The first kappa shape index (κ1) is 15.7. The van der Waals surface area contributed by atoms with Crippen molar-refractivity contribution in [3.05, 3.63) is 10.1 Å². The van der Waals surface area contributed by atoms with E-state index in [0.29, 0.717) is 19.0 Å². The van der Waals surface area contributed by atoms with Gasteiger partial charge in [-0.2, -0.15) is 9.97 Å². The quantitative estimate of drug-likeness (QED) is 0.534. The van der Waals surface area contributed by atoms with Crippen LogP contribution in [-0.2, 0) is 4.79 Å². The number of nitrogen functional groups attached to an aromatic ring is 1. The normalized spacial score (nSPS) is 15.6. The zero-order valence-electron chi connectivity index (χ0n) is 12.1. The molecule has 10 heteroatoms. The minimum atomic E-state index is -1.34. The van der Waals surface area contributed by atoms with Gasteiger partial charge in [0.25, 0.3) is 0 Å². The van der Waals surface area contributed by atoms with Crippen molar-refractivity contribution in [2.75, 3.05) is 35.6 Å². The van der Waals surface area contributed by atoms with E-state index >= 15 is 0 Å². The molecule has 0 atom stereocenters. The Morgan fingerprint density at radius 2 is 2.09 bits per heavy atom. The Labute approximate surface area is 126 Å². The number of carbonyl (C=O) groups excluding carboxylic acids is 1. The van der Waals surface area contributed by atoms with E-state index in [9.17, 15) is 20.0 Å². The summed E-state index contributed by atoms with van der Waals surface area (Å²) in [5.74, 6) is -1.04. The number of rotatable bonds is 5. The Bertz CT molecular complexity index is 585. The van der Waals surface area contributed by atoms with E-state index in [1.54, 1.807) is 4.90 Å². The summed E-state index contributed by atoms with van der Waals surface area (Å²) in [4.78, 5) is 30.7. The van der Waals surface area contributed by atoms with Crippen LogP contribution in [0, 0.1) is 16.0 Å². The molecule has 2 heterocycles. The molecule has 0 saturated carbocycles. The highest BCUT2D eigenvalue weighted by Crippen LogP contribution is 2.34. The van der Waals surface area contributed by atoms with Crippen LogP contribution >= 0.6 is 0 Å². The van der Waals surface area contributed by atoms with Crippen molar-refractivity contribution in [1.82, 2.24) is 9.97 Å². The van der Waals surface area contributed by atoms with Crippen molar-refractivity contribution >= 4 is 29.2 Å². The van der Waals surface area contributed by atoms with Crippen molar-refractivity contribution in [3.63, 3.8) is 0 Å². The first-order valence-corrected chi connectivity index (χ1v) is 6.89. The standard InChI is InChI=1S/C12H18N6O4/c1-7-2-4-17(5-3-7)11-9(18(21)22)10(13)15-12(16-11)14-6-8(19)20/h7H,2-6H2,1H3,(H,19,20)(H3,13,14,15,16)/p-1. The van der Waals surface area contributed by atoms with E-state index in [4.69, 9.17) is 5.73 Å². The molecular formula is C12H17N6O4-. The zero-order chi connectivity index (χ0) is 16.3. The molecule has 1 saturated heterocycles. The number of piperidine rings is 1. The number of carboxylic acids is 1. The second-order valence-corrected chi connectivity index (χ2v) is 5.26. The maximum Gasteiger partial charge on any atom is 0.353 e. The van der Waals surface area contributed by atoms with Crippen LogP contribution in [0.25, 0.3) is 0 Å². The first-order valence-electron chi connectivity index (χ1n) is 6.89. The van der Waals surface area contributed by atoms with E-state index in [1.165, 1.54) is 0 Å². The average molecular weight is 309 g/mol. The molecule has 1 aromatic rings. The number of aromatic nitrogens is 2. The van der Waals surface area contributed by atoms with Gasteiger partial charge >= 0.3 is 5.69 Å². The number of nitrogens with zero attached hydrogens (tertiary/aromatic N) is 4. The summed E-state index contributed by atoms with van der Waals surface area (Å²) in [5.41, 5.74) is 5.29. The second-order valence-electron chi connectivity index (χ2n) is 5.26. The number of nitro groups is 1. The number of carbonyl (C=O) groups is 1. The van der Waals surface area contributed by atoms with Crippen LogP contribution in [0.3, 0.4) is 0 Å². The molecule has 1 aromatic heterocycles. The van der Waals surface area contributed by atoms with E-state index in [0.717, 1.165) is 12.8 Å². The summed E-state index contributed by atoms with van der Waals surface area (Å²) in [6.45, 7) is 2.86. The summed E-state index contributed by atoms with van der Waals surface area (Å²) in [6.07, 6.45) is 1.78. The van der Waals surface area contributed by atoms with E-state index in [-0.39, 0.29) is 23.3 Å². The summed E-state index contributed by atoms with van der Waals surface area (Å²) in [6, 6.07) is 0. The predicted molar refractivity (Wildman–Crippen MR) is 77.2 cm³/mol. The third kappa shape index (κ3) is 3.51. The van der Waals surface area contributed by atoms with Gasteiger partial charge in [0, 0.05) is 13.1 Å². The van der Waals surface area contributed by atoms with Crippen LogP contribution in [0.4, 0.5) is 23.3 Å². The van der Waals surface area contributed by atoms with Gasteiger partial charge in [-0.25, -0.2) is 0 Å². The maximum absolute atomic E-state index is 11.2. The highest BCUT2D eigenvalue weighted by atomic mass is 16.6. The molecule has 0 amide bonds. The number of carboxylic acid groups (broad SMARTS) is 1. The minimum absolute atomic E-state index is 0.0686. The molecule has 1 aliphatic heterocycles. The number of nitrogens with one attached hydrogen (secondary N) is 1. The van der Waals surface area contributed by atoms with E-state index < -0.39 is 17.4 Å². The number of aliphatic carboxylic acids is 1. The lowest BCUT2D eigenvalue weighted by Gasteiger charge is -2.31. The van der Waals surface area contributed by atoms with Gasteiger partial charge in [0.15, 0.2) is 0 Å². The van der Waals surface area contributed by atoms with Crippen LogP contribution < -0.4 is 21.1 Å². The average Bonchev–Trinajstić information content (AvgIpc) is 2.44. The number of nitrogens with two attached hydrogens (primary N) is 1. The number of hydrogen-bond acceptors (Lipinski definition) is 9. The lowest BCUT2D eigenvalue weighted by atomic mass is 9.99. The van der Waals surface area contributed by atoms with E-state index in [2.05, 4.69) is 22.2 Å². The van der Waals surface area contributed by atoms with Crippen LogP contribution in [0.1, 0.15) is 19.8 Å². The minimum Gasteiger partial charge on any atom is -0.548 e.